The van der Waals surface area contributed by atoms with Crippen LogP contribution in [0.1, 0.15) is 19.8 Å². The van der Waals surface area contributed by atoms with Gasteiger partial charge in [-0.2, -0.15) is 0 Å². The Balaban J connectivity index is 1.56. The average molecular weight is 403 g/mol. The Kier molecular flexibility index (Phi) is 4.78. The van der Waals surface area contributed by atoms with E-state index >= 15 is 0 Å². The first kappa shape index (κ1) is 18.2. The highest BCUT2D eigenvalue weighted by Gasteiger charge is 2.52. The fourth-order valence-electron chi connectivity index (χ4n) is 3.54. The summed E-state index contributed by atoms with van der Waals surface area (Å²) in [5.41, 5.74) is 0.488. The van der Waals surface area contributed by atoms with Gasteiger partial charge in [-0.25, -0.2) is 0 Å². The number of anilines is 1. The van der Waals surface area contributed by atoms with Gasteiger partial charge in [-0.05, 0) is 43.7 Å². The summed E-state index contributed by atoms with van der Waals surface area (Å²) in [7, 11) is 0. The lowest BCUT2D eigenvalue weighted by Crippen LogP contribution is -2.48. The molecule has 0 radical (unpaired) electrons. The standard InChI is InChI=1S/C20H19ClN2O3S/c1-20-10-9-18(24)23(20)16(12-27-20)19(25)22-15-11-13(21)7-8-17(15)26-14-5-3-2-4-6-14/h2-8,11,16H,9-10,12H2,1H3,(H,22,25)/t16-,20-/m0/s1. The molecule has 1 N–H and O–H groups in total. The van der Waals surface area contributed by atoms with Crippen molar-refractivity contribution in [3.63, 3.8) is 0 Å². The van der Waals surface area contributed by atoms with E-state index in [1.807, 2.05) is 37.3 Å². The van der Waals surface area contributed by atoms with Crippen molar-refractivity contribution >= 4 is 40.9 Å². The molecule has 2 heterocycles. The number of ether oxygens (including phenoxy) is 1. The van der Waals surface area contributed by atoms with Crippen LogP contribution in [0.15, 0.2) is 48.5 Å². The third-order valence-electron chi connectivity index (χ3n) is 4.92. The first-order valence-corrected chi connectivity index (χ1v) is 10.1. The van der Waals surface area contributed by atoms with Crippen LogP contribution in [0.4, 0.5) is 5.69 Å². The zero-order valence-corrected chi connectivity index (χ0v) is 16.3. The Morgan fingerprint density at radius 2 is 2.07 bits per heavy atom. The number of carbonyl (C=O) groups excluding carboxylic acids is 2. The number of fused-ring (bicyclic) bond motifs is 1. The van der Waals surface area contributed by atoms with Crippen molar-refractivity contribution < 1.29 is 14.3 Å². The number of hydrogen-bond acceptors (Lipinski definition) is 4. The van der Waals surface area contributed by atoms with Crippen molar-refractivity contribution in [2.75, 3.05) is 11.1 Å². The Morgan fingerprint density at radius 1 is 1.30 bits per heavy atom. The largest absolute Gasteiger partial charge is 0.455 e. The first-order valence-electron chi connectivity index (χ1n) is 8.76. The van der Waals surface area contributed by atoms with Crippen LogP contribution in [-0.4, -0.2) is 33.4 Å². The molecule has 2 aliphatic rings. The molecule has 0 aliphatic carbocycles. The summed E-state index contributed by atoms with van der Waals surface area (Å²) >= 11 is 7.78. The second kappa shape index (κ2) is 7.09. The van der Waals surface area contributed by atoms with E-state index in [9.17, 15) is 9.59 Å². The van der Waals surface area contributed by atoms with Crippen molar-refractivity contribution in [1.82, 2.24) is 4.90 Å². The summed E-state index contributed by atoms with van der Waals surface area (Å²) in [5, 5.41) is 3.40. The predicted octanol–water partition coefficient (Wildman–Crippen LogP) is 4.52. The number of halogens is 1. The number of nitrogens with one attached hydrogen (secondary N) is 1. The van der Waals surface area contributed by atoms with Gasteiger partial charge in [-0.15, -0.1) is 11.8 Å². The molecule has 0 aromatic heterocycles. The Bertz CT molecular complexity index is 892. The van der Waals surface area contributed by atoms with E-state index in [4.69, 9.17) is 16.3 Å². The zero-order valence-electron chi connectivity index (χ0n) is 14.8. The Hall–Kier alpha value is -2.18. The van der Waals surface area contributed by atoms with E-state index in [-0.39, 0.29) is 16.7 Å². The maximum Gasteiger partial charge on any atom is 0.248 e. The van der Waals surface area contributed by atoms with Gasteiger partial charge in [-0.1, -0.05) is 29.8 Å². The lowest BCUT2D eigenvalue weighted by atomic mass is 10.2. The smallest absolute Gasteiger partial charge is 0.248 e. The van der Waals surface area contributed by atoms with E-state index in [0.29, 0.717) is 34.4 Å². The minimum absolute atomic E-state index is 0.0366. The summed E-state index contributed by atoms with van der Waals surface area (Å²) in [4.78, 5) is 26.7. The molecular weight excluding hydrogens is 384 g/mol. The minimum Gasteiger partial charge on any atom is -0.455 e. The fourth-order valence-corrected chi connectivity index (χ4v) is 5.14. The van der Waals surface area contributed by atoms with Crippen molar-refractivity contribution in [1.29, 1.82) is 0 Å². The van der Waals surface area contributed by atoms with E-state index in [2.05, 4.69) is 5.32 Å². The van der Waals surface area contributed by atoms with Crippen molar-refractivity contribution in [3.8, 4) is 11.5 Å². The molecule has 2 fully saturated rings. The normalized spacial score (nSPS) is 24.0. The van der Waals surface area contributed by atoms with Crippen molar-refractivity contribution in [2.45, 2.75) is 30.7 Å². The fraction of sp³-hybridized carbons (Fsp3) is 0.300. The number of carbonyl (C=O) groups is 2. The SMILES string of the molecule is C[C@]12CCC(=O)N1[C@H](C(=O)Nc1cc(Cl)ccc1Oc1ccccc1)CS2. The molecule has 0 spiro atoms. The molecule has 2 aromatic carbocycles. The predicted molar refractivity (Wildman–Crippen MR) is 107 cm³/mol. The van der Waals surface area contributed by atoms with Gasteiger partial charge in [0.1, 0.15) is 11.8 Å². The van der Waals surface area contributed by atoms with Crippen LogP contribution in [0.2, 0.25) is 5.02 Å². The van der Waals surface area contributed by atoms with Crippen LogP contribution in [0.25, 0.3) is 0 Å². The van der Waals surface area contributed by atoms with E-state index < -0.39 is 6.04 Å². The number of benzene rings is 2. The molecule has 0 saturated carbocycles. The monoisotopic (exact) mass is 402 g/mol. The lowest BCUT2D eigenvalue weighted by molar-refractivity contribution is -0.135. The third-order valence-corrected chi connectivity index (χ3v) is 6.66. The Labute approximate surface area is 167 Å². The summed E-state index contributed by atoms with van der Waals surface area (Å²) in [6.07, 6.45) is 1.27. The van der Waals surface area contributed by atoms with E-state index in [1.54, 1.807) is 34.9 Å². The number of thioether (sulfide) groups is 1. The molecule has 4 rings (SSSR count). The molecule has 2 atom stereocenters. The van der Waals surface area contributed by atoms with Gasteiger partial charge in [0.25, 0.3) is 0 Å². The van der Waals surface area contributed by atoms with Gasteiger partial charge in [0.15, 0.2) is 5.75 Å². The van der Waals surface area contributed by atoms with E-state index in [1.165, 1.54) is 0 Å². The number of para-hydroxylation sites is 1. The van der Waals surface area contributed by atoms with Crippen LogP contribution < -0.4 is 10.1 Å². The number of nitrogens with zero attached hydrogens (tertiary/aromatic N) is 1. The summed E-state index contributed by atoms with van der Waals surface area (Å²) in [5.74, 6) is 1.56. The van der Waals surface area contributed by atoms with Gasteiger partial charge in [0.2, 0.25) is 11.8 Å². The second-order valence-electron chi connectivity index (χ2n) is 6.81. The maximum absolute atomic E-state index is 12.9. The number of hydrogen-bond donors (Lipinski definition) is 1. The molecule has 5 nitrogen and oxygen atoms in total. The topological polar surface area (TPSA) is 58.6 Å². The van der Waals surface area contributed by atoms with Gasteiger partial charge >= 0.3 is 0 Å². The van der Waals surface area contributed by atoms with Crippen LogP contribution in [-0.2, 0) is 9.59 Å². The zero-order chi connectivity index (χ0) is 19.0. The number of amides is 2. The third kappa shape index (κ3) is 3.51. The molecule has 0 bridgehead atoms. The molecule has 2 saturated heterocycles. The van der Waals surface area contributed by atoms with Gasteiger partial charge < -0.3 is 15.0 Å². The summed E-state index contributed by atoms with van der Waals surface area (Å²) < 4.78 is 5.90. The molecule has 2 aromatic rings. The highest BCUT2D eigenvalue weighted by atomic mass is 35.5. The van der Waals surface area contributed by atoms with E-state index in [0.717, 1.165) is 6.42 Å². The summed E-state index contributed by atoms with van der Waals surface area (Å²) in [6, 6.07) is 13.9. The van der Waals surface area contributed by atoms with Crippen molar-refractivity contribution in [2.24, 2.45) is 0 Å². The van der Waals surface area contributed by atoms with Crippen LogP contribution in [0.5, 0.6) is 11.5 Å². The van der Waals surface area contributed by atoms with Crippen LogP contribution >= 0.6 is 23.4 Å². The first-order chi connectivity index (χ1) is 13.0. The highest BCUT2D eigenvalue weighted by Crippen LogP contribution is 2.47. The van der Waals surface area contributed by atoms with Gasteiger partial charge in [-0.3, -0.25) is 9.59 Å². The molecule has 2 amide bonds. The molecule has 140 valence electrons. The maximum atomic E-state index is 12.9. The quantitative estimate of drug-likeness (QED) is 0.816. The molecule has 7 heteroatoms. The van der Waals surface area contributed by atoms with Crippen LogP contribution in [0.3, 0.4) is 0 Å². The molecule has 0 unspecified atom stereocenters. The lowest BCUT2D eigenvalue weighted by Gasteiger charge is -2.30. The minimum atomic E-state index is -0.487. The molecular formula is C20H19ClN2O3S. The summed E-state index contributed by atoms with van der Waals surface area (Å²) in [6.45, 7) is 2.03. The average Bonchev–Trinajstić information content (AvgIpc) is 3.14. The molecule has 27 heavy (non-hydrogen) atoms. The Morgan fingerprint density at radius 3 is 2.85 bits per heavy atom. The molecule has 2 aliphatic heterocycles. The van der Waals surface area contributed by atoms with Gasteiger partial charge in [0, 0.05) is 17.2 Å². The van der Waals surface area contributed by atoms with Crippen molar-refractivity contribution in [3.05, 3.63) is 53.6 Å². The number of rotatable bonds is 4. The van der Waals surface area contributed by atoms with Gasteiger partial charge in [0.05, 0.1) is 10.6 Å². The second-order valence-corrected chi connectivity index (χ2v) is 8.75. The van der Waals surface area contributed by atoms with Crippen LogP contribution in [0, 0.1) is 0 Å². The highest BCUT2D eigenvalue weighted by molar-refractivity contribution is 8.01.